The van der Waals surface area contributed by atoms with Crippen LogP contribution in [0.2, 0.25) is 0 Å². The number of hydrogen-bond acceptors (Lipinski definition) is 2. The Balaban J connectivity index is 1.60. The topological polar surface area (TPSA) is 41.6 Å². The van der Waals surface area contributed by atoms with Crippen LogP contribution >= 0.6 is 0 Å². The first kappa shape index (κ1) is 19.5. The zero-order chi connectivity index (χ0) is 19.8. The maximum Gasteiger partial charge on any atom is 0.317 e. The molecular weight excluding hydrogens is 348 g/mol. The third kappa shape index (κ3) is 4.92. The molecule has 3 aromatic rings. The van der Waals surface area contributed by atoms with Crippen molar-refractivity contribution >= 4 is 6.03 Å². The highest BCUT2D eigenvalue weighted by Crippen LogP contribution is 2.23. The van der Waals surface area contributed by atoms with Crippen LogP contribution < -0.4 is 10.1 Å². The lowest BCUT2D eigenvalue weighted by Gasteiger charge is -2.29. The van der Waals surface area contributed by atoms with E-state index in [-0.39, 0.29) is 12.1 Å². The molecule has 3 rings (SSSR count). The SMILES string of the molecule is CNC(=O)N(CCOc1ccc(-c2ccccc2)cc1)C(C)c1ccccc1. The summed E-state index contributed by atoms with van der Waals surface area (Å²) in [6.45, 7) is 2.95. The number of nitrogens with zero attached hydrogens (tertiary/aromatic N) is 1. The number of hydrogen-bond donors (Lipinski definition) is 1. The summed E-state index contributed by atoms with van der Waals surface area (Å²) in [6.07, 6.45) is 0. The normalized spacial score (nSPS) is 11.5. The fraction of sp³-hybridized carbons (Fsp3) is 0.208. The summed E-state index contributed by atoms with van der Waals surface area (Å²) < 4.78 is 5.89. The molecule has 3 aromatic carbocycles. The van der Waals surface area contributed by atoms with Gasteiger partial charge in [0.2, 0.25) is 0 Å². The van der Waals surface area contributed by atoms with Crippen LogP contribution in [0.15, 0.2) is 84.9 Å². The molecule has 0 spiro atoms. The van der Waals surface area contributed by atoms with Gasteiger partial charge in [-0.3, -0.25) is 0 Å². The molecule has 1 atom stereocenters. The molecule has 144 valence electrons. The first-order valence-corrected chi connectivity index (χ1v) is 9.50. The van der Waals surface area contributed by atoms with E-state index in [1.165, 1.54) is 5.56 Å². The van der Waals surface area contributed by atoms with Crippen molar-refractivity contribution in [1.82, 2.24) is 10.2 Å². The van der Waals surface area contributed by atoms with E-state index in [9.17, 15) is 4.79 Å². The van der Waals surface area contributed by atoms with E-state index in [1.54, 1.807) is 11.9 Å². The van der Waals surface area contributed by atoms with E-state index in [1.807, 2.05) is 79.7 Å². The molecule has 4 heteroatoms. The van der Waals surface area contributed by atoms with Crippen LogP contribution in [-0.4, -0.2) is 31.1 Å². The first-order chi connectivity index (χ1) is 13.7. The third-order valence-corrected chi connectivity index (χ3v) is 4.79. The zero-order valence-corrected chi connectivity index (χ0v) is 16.3. The Labute approximate surface area is 166 Å². The Hall–Kier alpha value is -3.27. The third-order valence-electron chi connectivity index (χ3n) is 4.79. The molecule has 0 fully saturated rings. The van der Waals surface area contributed by atoms with Crippen molar-refractivity contribution in [2.24, 2.45) is 0 Å². The molecular formula is C24H26N2O2. The summed E-state index contributed by atoms with van der Waals surface area (Å²) in [5.74, 6) is 0.795. The van der Waals surface area contributed by atoms with Crippen molar-refractivity contribution < 1.29 is 9.53 Å². The minimum absolute atomic E-state index is 0.0368. The lowest BCUT2D eigenvalue weighted by Crippen LogP contribution is -2.42. The second kappa shape index (κ2) is 9.60. The average molecular weight is 374 g/mol. The Morgan fingerprint density at radius 3 is 2.07 bits per heavy atom. The standard InChI is InChI=1S/C24H26N2O2/c1-19(20-9-5-3-6-10-20)26(24(27)25-2)17-18-28-23-15-13-22(14-16-23)21-11-7-4-8-12-21/h3-16,19H,17-18H2,1-2H3,(H,25,27). The maximum atomic E-state index is 12.3. The van der Waals surface area contributed by atoms with Crippen molar-refractivity contribution in [2.45, 2.75) is 13.0 Å². The summed E-state index contributed by atoms with van der Waals surface area (Å²) in [6, 6.07) is 28.1. The van der Waals surface area contributed by atoms with Crippen LogP contribution in [0, 0.1) is 0 Å². The van der Waals surface area contributed by atoms with Crippen LogP contribution in [0.5, 0.6) is 5.75 Å². The van der Waals surface area contributed by atoms with Gasteiger partial charge in [-0.15, -0.1) is 0 Å². The molecule has 0 aliphatic rings. The predicted octanol–water partition coefficient (Wildman–Crippen LogP) is 5.14. The minimum Gasteiger partial charge on any atom is -0.492 e. The summed E-state index contributed by atoms with van der Waals surface area (Å²) in [4.78, 5) is 14.1. The summed E-state index contributed by atoms with van der Waals surface area (Å²) in [7, 11) is 1.65. The largest absolute Gasteiger partial charge is 0.492 e. The molecule has 1 N–H and O–H groups in total. The van der Waals surface area contributed by atoms with Crippen LogP contribution in [0.4, 0.5) is 4.79 Å². The maximum absolute atomic E-state index is 12.3. The second-order valence-electron chi connectivity index (χ2n) is 6.57. The molecule has 0 bridgehead atoms. The van der Waals surface area contributed by atoms with Crippen LogP contribution in [0.3, 0.4) is 0 Å². The summed E-state index contributed by atoms with van der Waals surface area (Å²) in [5, 5.41) is 2.72. The Bertz CT molecular complexity index is 864. The zero-order valence-electron chi connectivity index (χ0n) is 16.3. The van der Waals surface area contributed by atoms with Gasteiger partial charge in [0.05, 0.1) is 12.6 Å². The fourth-order valence-corrected chi connectivity index (χ4v) is 3.16. The smallest absolute Gasteiger partial charge is 0.317 e. The number of amides is 2. The highest BCUT2D eigenvalue weighted by Gasteiger charge is 2.20. The van der Waals surface area contributed by atoms with Gasteiger partial charge in [-0.25, -0.2) is 4.79 Å². The molecule has 0 heterocycles. The first-order valence-electron chi connectivity index (χ1n) is 9.50. The van der Waals surface area contributed by atoms with E-state index < -0.39 is 0 Å². The van der Waals surface area contributed by atoms with Crippen molar-refractivity contribution in [1.29, 1.82) is 0 Å². The monoisotopic (exact) mass is 374 g/mol. The van der Waals surface area contributed by atoms with E-state index in [2.05, 4.69) is 17.4 Å². The number of nitrogens with one attached hydrogen (secondary N) is 1. The molecule has 0 aliphatic heterocycles. The van der Waals surface area contributed by atoms with Gasteiger partial charge in [0.15, 0.2) is 0 Å². The molecule has 0 aromatic heterocycles. The van der Waals surface area contributed by atoms with Gasteiger partial charge in [0, 0.05) is 7.05 Å². The van der Waals surface area contributed by atoms with Gasteiger partial charge < -0.3 is 15.0 Å². The van der Waals surface area contributed by atoms with Crippen molar-refractivity contribution in [3.8, 4) is 16.9 Å². The molecule has 28 heavy (non-hydrogen) atoms. The van der Waals surface area contributed by atoms with E-state index in [0.717, 1.165) is 16.9 Å². The Morgan fingerprint density at radius 2 is 1.46 bits per heavy atom. The van der Waals surface area contributed by atoms with E-state index in [0.29, 0.717) is 13.2 Å². The molecule has 1 unspecified atom stereocenters. The minimum atomic E-state index is -0.112. The van der Waals surface area contributed by atoms with Crippen LogP contribution in [0.25, 0.3) is 11.1 Å². The number of urea groups is 1. The average Bonchev–Trinajstić information content (AvgIpc) is 2.77. The van der Waals surface area contributed by atoms with Gasteiger partial charge >= 0.3 is 6.03 Å². The van der Waals surface area contributed by atoms with Crippen molar-refractivity contribution in [3.05, 3.63) is 90.5 Å². The lowest BCUT2D eigenvalue weighted by molar-refractivity contribution is 0.164. The van der Waals surface area contributed by atoms with Crippen LogP contribution in [-0.2, 0) is 0 Å². The highest BCUT2D eigenvalue weighted by molar-refractivity contribution is 5.74. The molecule has 0 aliphatic carbocycles. The predicted molar refractivity (Wildman–Crippen MR) is 113 cm³/mol. The van der Waals surface area contributed by atoms with Gasteiger partial charge in [0.1, 0.15) is 12.4 Å². The van der Waals surface area contributed by atoms with E-state index >= 15 is 0 Å². The Morgan fingerprint density at radius 1 is 0.893 bits per heavy atom. The molecule has 0 radical (unpaired) electrons. The van der Waals surface area contributed by atoms with Gasteiger partial charge in [-0.05, 0) is 35.7 Å². The highest BCUT2D eigenvalue weighted by atomic mass is 16.5. The van der Waals surface area contributed by atoms with Gasteiger partial charge in [0.25, 0.3) is 0 Å². The fourth-order valence-electron chi connectivity index (χ4n) is 3.16. The molecule has 2 amide bonds. The number of carbonyl (C=O) groups excluding carboxylic acids is 1. The number of benzene rings is 3. The molecule has 0 saturated heterocycles. The van der Waals surface area contributed by atoms with Crippen LogP contribution in [0.1, 0.15) is 18.5 Å². The van der Waals surface area contributed by atoms with Crippen molar-refractivity contribution in [3.63, 3.8) is 0 Å². The quantitative estimate of drug-likeness (QED) is 0.622. The van der Waals surface area contributed by atoms with Crippen molar-refractivity contribution in [2.75, 3.05) is 20.2 Å². The summed E-state index contributed by atoms with van der Waals surface area (Å²) >= 11 is 0. The molecule has 4 nitrogen and oxygen atoms in total. The van der Waals surface area contributed by atoms with Gasteiger partial charge in [-0.1, -0.05) is 72.8 Å². The number of ether oxygens (including phenoxy) is 1. The van der Waals surface area contributed by atoms with Gasteiger partial charge in [-0.2, -0.15) is 0 Å². The number of carbonyl (C=O) groups is 1. The Kier molecular flexibility index (Phi) is 6.68. The number of rotatable bonds is 7. The lowest BCUT2D eigenvalue weighted by atomic mass is 10.1. The second-order valence-corrected chi connectivity index (χ2v) is 6.57. The van der Waals surface area contributed by atoms with E-state index in [4.69, 9.17) is 4.74 Å². The summed E-state index contributed by atoms with van der Waals surface area (Å²) in [5.41, 5.74) is 3.42. The molecule has 0 saturated carbocycles.